The average Bonchev–Trinajstić information content (AvgIpc) is 2.91. The van der Waals surface area contributed by atoms with Gasteiger partial charge in [-0.05, 0) is 74.4 Å². The molecule has 0 fully saturated rings. The van der Waals surface area contributed by atoms with E-state index in [0.717, 1.165) is 47.0 Å². The van der Waals surface area contributed by atoms with Gasteiger partial charge in [-0.15, -0.1) is 0 Å². The molecule has 1 atom stereocenters. The number of halogens is 2. The Balaban J connectivity index is 1.98. The highest BCUT2D eigenvalue weighted by Crippen LogP contribution is 2.25. The summed E-state index contributed by atoms with van der Waals surface area (Å²) in [5, 5.41) is 2.81. The molecule has 3 rings (SSSR count). The number of rotatable bonds is 12. The number of carbonyl (C=O) groups excluding carboxylic acids is 2. The maximum absolute atomic E-state index is 13.8. The van der Waals surface area contributed by atoms with Crippen molar-refractivity contribution < 1.29 is 26.8 Å². The minimum Gasteiger partial charge on any atom is -0.354 e. The van der Waals surface area contributed by atoms with Gasteiger partial charge in [-0.2, -0.15) is 0 Å². The summed E-state index contributed by atoms with van der Waals surface area (Å²) >= 11 is 0. The number of anilines is 1. The second kappa shape index (κ2) is 13.3. The number of hydrogen-bond acceptors (Lipinski definition) is 4. The van der Waals surface area contributed by atoms with Crippen LogP contribution in [0.15, 0.2) is 77.7 Å². The predicted molar refractivity (Wildman–Crippen MR) is 146 cm³/mol. The first kappa shape index (κ1) is 29.8. The van der Waals surface area contributed by atoms with Gasteiger partial charge >= 0.3 is 0 Å². The zero-order valence-electron chi connectivity index (χ0n) is 22.2. The first-order valence-corrected chi connectivity index (χ1v) is 14.1. The lowest BCUT2D eigenvalue weighted by Crippen LogP contribution is -2.51. The SMILES string of the molecule is CCCCNC(=O)[C@H](C)N(Cc1ccc(F)cc1)C(=O)CN(c1ccc(C)cc1)S(=O)(=O)c1ccc(F)cc1. The van der Waals surface area contributed by atoms with Gasteiger partial charge in [-0.25, -0.2) is 17.2 Å². The minimum atomic E-state index is -4.29. The molecule has 7 nitrogen and oxygen atoms in total. The van der Waals surface area contributed by atoms with Crippen molar-refractivity contribution in [1.29, 1.82) is 0 Å². The van der Waals surface area contributed by atoms with E-state index in [2.05, 4.69) is 5.32 Å². The molecule has 1 N–H and O–H groups in total. The molecule has 0 saturated carbocycles. The van der Waals surface area contributed by atoms with E-state index in [-0.39, 0.29) is 23.0 Å². The van der Waals surface area contributed by atoms with Crippen molar-refractivity contribution in [3.63, 3.8) is 0 Å². The summed E-state index contributed by atoms with van der Waals surface area (Å²) in [6, 6.07) is 15.5. The molecule has 0 aromatic heterocycles. The molecule has 10 heteroatoms. The van der Waals surface area contributed by atoms with E-state index in [1.165, 1.54) is 29.2 Å². The van der Waals surface area contributed by atoms with Gasteiger partial charge in [0.2, 0.25) is 11.8 Å². The minimum absolute atomic E-state index is 0.0419. The summed E-state index contributed by atoms with van der Waals surface area (Å²) in [6.07, 6.45) is 1.64. The number of sulfonamides is 1. The summed E-state index contributed by atoms with van der Waals surface area (Å²) < 4.78 is 55.3. The fraction of sp³-hybridized carbons (Fsp3) is 0.310. The summed E-state index contributed by atoms with van der Waals surface area (Å²) in [4.78, 5) is 27.8. The Kier molecular flexibility index (Phi) is 10.2. The number of hydrogen-bond donors (Lipinski definition) is 1. The Morgan fingerprint density at radius 3 is 2.03 bits per heavy atom. The van der Waals surface area contributed by atoms with Crippen molar-refractivity contribution in [2.75, 3.05) is 17.4 Å². The summed E-state index contributed by atoms with van der Waals surface area (Å²) in [6.45, 7) is 5.18. The number of unbranched alkanes of at least 4 members (excludes halogenated alkanes) is 1. The van der Waals surface area contributed by atoms with Crippen LogP contribution in [0.4, 0.5) is 14.5 Å². The van der Waals surface area contributed by atoms with E-state index in [0.29, 0.717) is 12.1 Å². The highest BCUT2D eigenvalue weighted by molar-refractivity contribution is 7.92. The molecular formula is C29H33F2N3O4S. The summed E-state index contributed by atoms with van der Waals surface area (Å²) in [7, 11) is -4.29. The van der Waals surface area contributed by atoms with E-state index in [4.69, 9.17) is 0 Å². The van der Waals surface area contributed by atoms with Crippen molar-refractivity contribution in [3.05, 3.63) is 95.6 Å². The van der Waals surface area contributed by atoms with Gasteiger partial charge in [0.25, 0.3) is 10.0 Å². The Labute approximate surface area is 228 Å². The molecule has 0 aliphatic heterocycles. The van der Waals surface area contributed by atoms with Crippen LogP contribution in [0.25, 0.3) is 0 Å². The van der Waals surface area contributed by atoms with Gasteiger partial charge in [0.15, 0.2) is 0 Å². The Morgan fingerprint density at radius 1 is 0.897 bits per heavy atom. The first-order valence-electron chi connectivity index (χ1n) is 12.7. The summed E-state index contributed by atoms with van der Waals surface area (Å²) in [5.41, 5.74) is 1.70. The lowest BCUT2D eigenvalue weighted by molar-refractivity contribution is -0.139. The standard InChI is InChI=1S/C29H33F2N3O4S/c1-4-5-18-32-29(36)22(3)33(19-23-8-10-24(30)11-9-23)28(35)20-34(26-14-6-21(2)7-15-26)39(37,38)27-16-12-25(31)13-17-27/h6-17,22H,4-5,18-20H2,1-3H3,(H,32,36)/t22-/m0/s1. The third-order valence-corrected chi connectivity index (χ3v) is 8.05. The van der Waals surface area contributed by atoms with Crippen LogP contribution in [-0.2, 0) is 26.2 Å². The van der Waals surface area contributed by atoms with Crippen molar-refractivity contribution in [2.24, 2.45) is 0 Å². The third kappa shape index (κ3) is 7.86. The van der Waals surface area contributed by atoms with Gasteiger partial charge in [0.1, 0.15) is 24.2 Å². The molecule has 39 heavy (non-hydrogen) atoms. The molecule has 0 aliphatic rings. The topological polar surface area (TPSA) is 86.8 Å². The van der Waals surface area contributed by atoms with Crippen molar-refractivity contribution in [1.82, 2.24) is 10.2 Å². The Bertz CT molecular complexity index is 1360. The normalized spacial score (nSPS) is 12.0. The third-order valence-electron chi connectivity index (χ3n) is 6.27. The lowest BCUT2D eigenvalue weighted by Gasteiger charge is -2.32. The Hall–Kier alpha value is -3.79. The second-order valence-corrected chi connectivity index (χ2v) is 11.1. The number of nitrogens with zero attached hydrogens (tertiary/aromatic N) is 2. The molecule has 0 radical (unpaired) electrons. The van der Waals surface area contributed by atoms with Crippen LogP contribution in [0, 0.1) is 18.6 Å². The quantitative estimate of drug-likeness (QED) is 0.324. The monoisotopic (exact) mass is 557 g/mol. The number of benzene rings is 3. The number of amides is 2. The van der Waals surface area contributed by atoms with Crippen molar-refractivity contribution in [2.45, 2.75) is 51.1 Å². The van der Waals surface area contributed by atoms with Crippen LogP contribution in [0.5, 0.6) is 0 Å². The largest absolute Gasteiger partial charge is 0.354 e. The molecule has 3 aromatic carbocycles. The number of nitrogens with one attached hydrogen (secondary N) is 1. The van der Waals surface area contributed by atoms with Crippen LogP contribution in [0.2, 0.25) is 0 Å². The van der Waals surface area contributed by atoms with Crippen LogP contribution >= 0.6 is 0 Å². The molecule has 0 spiro atoms. The van der Waals surface area contributed by atoms with E-state index < -0.39 is 40.2 Å². The van der Waals surface area contributed by atoms with Gasteiger partial charge in [-0.3, -0.25) is 13.9 Å². The molecule has 0 heterocycles. The number of aryl methyl sites for hydroxylation is 1. The van der Waals surface area contributed by atoms with E-state index in [1.54, 1.807) is 31.2 Å². The first-order chi connectivity index (χ1) is 18.5. The van der Waals surface area contributed by atoms with Gasteiger partial charge in [0, 0.05) is 13.1 Å². The predicted octanol–water partition coefficient (Wildman–Crippen LogP) is 4.80. The molecule has 0 bridgehead atoms. The molecule has 0 unspecified atom stereocenters. The highest BCUT2D eigenvalue weighted by atomic mass is 32.2. The molecule has 0 aliphatic carbocycles. The zero-order chi connectivity index (χ0) is 28.6. The van der Waals surface area contributed by atoms with Crippen molar-refractivity contribution in [3.8, 4) is 0 Å². The van der Waals surface area contributed by atoms with Gasteiger partial charge < -0.3 is 10.2 Å². The van der Waals surface area contributed by atoms with Crippen molar-refractivity contribution >= 4 is 27.5 Å². The van der Waals surface area contributed by atoms with Gasteiger partial charge in [-0.1, -0.05) is 43.2 Å². The maximum atomic E-state index is 13.8. The van der Waals surface area contributed by atoms with E-state index in [1.807, 2.05) is 13.8 Å². The van der Waals surface area contributed by atoms with Crippen LogP contribution in [0.3, 0.4) is 0 Å². The molecule has 208 valence electrons. The molecule has 3 aromatic rings. The van der Waals surface area contributed by atoms with E-state index in [9.17, 15) is 26.8 Å². The average molecular weight is 558 g/mol. The molecule has 0 saturated heterocycles. The summed E-state index contributed by atoms with van der Waals surface area (Å²) in [5.74, 6) is -2.07. The lowest BCUT2D eigenvalue weighted by atomic mass is 10.1. The molecule has 2 amide bonds. The smallest absolute Gasteiger partial charge is 0.264 e. The maximum Gasteiger partial charge on any atom is 0.264 e. The molecular weight excluding hydrogens is 524 g/mol. The highest BCUT2D eigenvalue weighted by Gasteiger charge is 2.32. The Morgan fingerprint density at radius 2 is 1.46 bits per heavy atom. The number of carbonyl (C=O) groups is 2. The fourth-order valence-electron chi connectivity index (χ4n) is 3.88. The van der Waals surface area contributed by atoms with Crippen LogP contribution < -0.4 is 9.62 Å². The van der Waals surface area contributed by atoms with E-state index >= 15 is 0 Å². The second-order valence-electron chi connectivity index (χ2n) is 9.27. The fourth-order valence-corrected chi connectivity index (χ4v) is 5.29. The van der Waals surface area contributed by atoms with Gasteiger partial charge in [0.05, 0.1) is 10.6 Å². The zero-order valence-corrected chi connectivity index (χ0v) is 23.0. The van der Waals surface area contributed by atoms with Crippen LogP contribution in [0.1, 0.15) is 37.8 Å². The van der Waals surface area contributed by atoms with Crippen LogP contribution in [-0.4, -0.2) is 44.3 Å².